The van der Waals surface area contributed by atoms with Gasteiger partial charge in [0.25, 0.3) is 5.91 Å². The van der Waals surface area contributed by atoms with Crippen molar-refractivity contribution in [3.8, 4) is 11.6 Å². The first-order valence-electron chi connectivity index (χ1n) is 6.68. The maximum Gasteiger partial charge on any atom is 0.258 e. The van der Waals surface area contributed by atoms with Crippen LogP contribution in [0.2, 0.25) is 0 Å². The van der Waals surface area contributed by atoms with E-state index in [1.807, 2.05) is 44.2 Å². The molecule has 1 N–H and O–H groups in total. The third-order valence-corrected chi connectivity index (χ3v) is 3.60. The third kappa shape index (κ3) is 2.39. The summed E-state index contributed by atoms with van der Waals surface area (Å²) in [6.07, 6.45) is 1.83. The first-order valence-corrected chi connectivity index (χ1v) is 6.68. The van der Waals surface area contributed by atoms with Crippen LogP contribution in [0, 0.1) is 12.3 Å². The molecule has 0 radical (unpaired) electrons. The average molecular weight is 271 g/mol. The van der Waals surface area contributed by atoms with Crippen LogP contribution in [-0.2, 0) is 4.79 Å². The summed E-state index contributed by atoms with van der Waals surface area (Å²) in [5.74, 6) is 0.433. The van der Waals surface area contributed by atoms with Crippen molar-refractivity contribution in [3.05, 3.63) is 42.1 Å². The van der Waals surface area contributed by atoms with Gasteiger partial charge < -0.3 is 4.84 Å². The van der Waals surface area contributed by atoms with E-state index in [4.69, 9.17) is 4.84 Å². The summed E-state index contributed by atoms with van der Waals surface area (Å²) in [7, 11) is 0. The normalized spacial score (nSPS) is 15.7. The lowest BCUT2D eigenvalue weighted by atomic mass is 10.1. The number of rotatable bonds is 4. The molecule has 0 atom stereocenters. The number of amides is 1. The molecule has 20 heavy (non-hydrogen) atoms. The van der Waals surface area contributed by atoms with Gasteiger partial charge >= 0.3 is 0 Å². The number of nitrogens with one attached hydrogen (secondary N) is 1. The SMILES string of the molecule is Cc1cc(ONC(=O)C2(C)CC2)n(-c2ccccc2)n1. The number of para-hydroxylation sites is 1. The number of carbonyl (C=O) groups is 1. The average Bonchev–Trinajstić information content (AvgIpc) is 3.10. The molecule has 0 aliphatic heterocycles. The van der Waals surface area contributed by atoms with Crippen LogP contribution in [0.15, 0.2) is 36.4 Å². The van der Waals surface area contributed by atoms with Crippen molar-refractivity contribution >= 4 is 5.91 Å². The van der Waals surface area contributed by atoms with Gasteiger partial charge in [-0.3, -0.25) is 4.79 Å². The molecule has 1 aliphatic rings. The zero-order valence-electron chi connectivity index (χ0n) is 11.6. The summed E-state index contributed by atoms with van der Waals surface area (Å²) in [4.78, 5) is 17.3. The molecule has 1 aromatic heterocycles. The second kappa shape index (κ2) is 4.67. The van der Waals surface area contributed by atoms with E-state index in [9.17, 15) is 4.79 Å². The van der Waals surface area contributed by atoms with Gasteiger partial charge in [-0.05, 0) is 31.9 Å². The molecular formula is C15H17N3O2. The highest BCUT2D eigenvalue weighted by Gasteiger charge is 2.45. The Bertz CT molecular complexity index is 630. The molecule has 1 amide bonds. The number of aromatic nitrogens is 2. The molecule has 1 aromatic carbocycles. The topological polar surface area (TPSA) is 56.1 Å². The van der Waals surface area contributed by atoms with Crippen LogP contribution in [-0.4, -0.2) is 15.7 Å². The number of aryl methyl sites for hydroxylation is 1. The third-order valence-electron chi connectivity index (χ3n) is 3.60. The monoisotopic (exact) mass is 271 g/mol. The van der Waals surface area contributed by atoms with Crippen LogP contribution in [0.25, 0.3) is 5.69 Å². The lowest BCUT2D eigenvalue weighted by Crippen LogP contribution is -2.33. The van der Waals surface area contributed by atoms with Crippen molar-refractivity contribution in [2.45, 2.75) is 26.7 Å². The van der Waals surface area contributed by atoms with Crippen LogP contribution in [0.4, 0.5) is 0 Å². The van der Waals surface area contributed by atoms with Crippen molar-refractivity contribution in [2.75, 3.05) is 0 Å². The standard InChI is InChI=1S/C15H17N3O2/c1-11-10-13(20-17-14(19)15(2)8-9-15)18(16-11)12-6-4-3-5-7-12/h3-7,10H,8-9H2,1-2H3,(H,17,19). The molecule has 0 bridgehead atoms. The van der Waals surface area contributed by atoms with Gasteiger partial charge in [0.1, 0.15) is 0 Å². The summed E-state index contributed by atoms with van der Waals surface area (Å²) >= 11 is 0. The maximum atomic E-state index is 11.9. The highest BCUT2D eigenvalue weighted by atomic mass is 16.7. The number of carbonyl (C=O) groups excluding carboxylic acids is 1. The molecular weight excluding hydrogens is 254 g/mol. The molecule has 5 heteroatoms. The molecule has 1 heterocycles. The van der Waals surface area contributed by atoms with Crippen LogP contribution >= 0.6 is 0 Å². The van der Waals surface area contributed by atoms with Gasteiger partial charge in [-0.1, -0.05) is 25.1 Å². The van der Waals surface area contributed by atoms with Gasteiger partial charge in [0.15, 0.2) is 0 Å². The van der Waals surface area contributed by atoms with E-state index < -0.39 is 0 Å². The second-order valence-electron chi connectivity index (χ2n) is 5.47. The Morgan fingerprint density at radius 1 is 1.35 bits per heavy atom. The Morgan fingerprint density at radius 3 is 2.70 bits per heavy atom. The predicted octanol–water partition coefficient (Wildman–Crippen LogP) is 2.39. The van der Waals surface area contributed by atoms with Crippen LogP contribution < -0.4 is 10.3 Å². The Morgan fingerprint density at radius 2 is 2.05 bits per heavy atom. The fourth-order valence-corrected chi connectivity index (χ4v) is 1.94. The molecule has 0 unspecified atom stereocenters. The van der Waals surface area contributed by atoms with E-state index in [0.717, 1.165) is 24.2 Å². The molecule has 104 valence electrons. The predicted molar refractivity (Wildman–Crippen MR) is 74.4 cm³/mol. The van der Waals surface area contributed by atoms with E-state index in [2.05, 4.69) is 10.6 Å². The van der Waals surface area contributed by atoms with Crippen molar-refractivity contribution in [1.29, 1.82) is 0 Å². The van der Waals surface area contributed by atoms with Crippen molar-refractivity contribution in [1.82, 2.24) is 15.3 Å². The number of hydrogen-bond donors (Lipinski definition) is 1. The summed E-state index contributed by atoms with van der Waals surface area (Å²) in [5, 5.41) is 4.38. The molecule has 0 saturated heterocycles. The number of hydroxylamine groups is 1. The van der Waals surface area contributed by atoms with Crippen molar-refractivity contribution in [3.63, 3.8) is 0 Å². The van der Waals surface area contributed by atoms with Gasteiger partial charge in [-0.15, -0.1) is 0 Å². The Kier molecular flexibility index (Phi) is 2.97. The molecule has 2 aromatic rings. The zero-order valence-corrected chi connectivity index (χ0v) is 11.6. The van der Waals surface area contributed by atoms with Crippen molar-refractivity contribution in [2.24, 2.45) is 5.41 Å². The number of nitrogens with zero attached hydrogens (tertiary/aromatic N) is 2. The lowest BCUT2D eigenvalue weighted by Gasteiger charge is -2.11. The smallest absolute Gasteiger partial charge is 0.258 e. The van der Waals surface area contributed by atoms with Crippen LogP contribution in [0.5, 0.6) is 5.88 Å². The molecule has 0 spiro atoms. The minimum Gasteiger partial charge on any atom is -0.359 e. The molecule has 1 saturated carbocycles. The number of benzene rings is 1. The summed E-state index contributed by atoms with van der Waals surface area (Å²) in [5.41, 5.74) is 3.99. The maximum absolute atomic E-state index is 11.9. The molecule has 5 nitrogen and oxygen atoms in total. The first-order chi connectivity index (χ1) is 9.58. The van der Waals surface area contributed by atoms with E-state index in [0.29, 0.717) is 5.88 Å². The van der Waals surface area contributed by atoms with Gasteiger partial charge in [0.05, 0.1) is 11.4 Å². The summed E-state index contributed by atoms with van der Waals surface area (Å²) in [6.45, 7) is 3.82. The molecule has 1 fully saturated rings. The second-order valence-corrected chi connectivity index (χ2v) is 5.47. The fourth-order valence-electron chi connectivity index (χ4n) is 1.94. The van der Waals surface area contributed by atoms with E-state index in [1.165, 1.54) is 0 Å². The Hall–Kier alpha value is -2.30. The lowest BCUT2D eigenvalue weighted by molar-refractivity contribution is -0.132. The molecule has 3 rings (SSSR count). The van der Waals surface area contributed by atoms with E-state index in [1.54, 1.807) is 10.7 Å². The molecule has 1 aliphatic carbocycles. The van der Waals surface area contributed by atoms with E-state index >= 15 is 0 Å². The van der Waals surface area contributed by atoms with Crippen molar-refractivity contribution < 1.29 is 9.63 Å². The largest absolute Gasteiger partial charge is 0.359 e. The quantitative estimate of drug-likeness (QED) is 0.869. The fraction of sp³-hybridized carbons (Fsp3) is 0.333. The van der Waals surface area contributed by atoms with Gasteiger partial charge in [0, 0.05) is 11.5 Å². The van der Waals surface area contributed by atoms with Gasteiger partial charge in [-0.25, -0.2) is 0 Å². The minimum atomic E-state index is -0.257. The minimum absolute atomic E-state index is 0.0732. The summed E-state index contributed by atoms with van der Waals surface area (Å²) < 4.78 is 1.67. The Labute approximate surface area is 117 Å². The van der Waals surface area contributed by atoms with Crippen LogP contribution in [0.3, 0.4) is 0 Å². The highest BCUT2D eigenvalue weighted by molar-refractivity contribution is 5.83. The summed E-state index contributed by atoms with van der Waals surface area (Å²) in [6, 6.07) is 11.5. The van der Waals surface area contributed by atoms with Crippen LogP contribution in [0.1, 0.15) is 25.5 Å². The van der Waals surface area contributed by atoms with Gasteiger partial charge in [0.2, 0.25) is 5.88 Å². The van der Waals surface area contributed by atoms with Gasteiger partial charge in [-0.2, -0.15) is 15.3 Å². The zero-order chi connectivity index (χ0) is 14.2. The first kappa shape index (κ1) is 12.7. The van der Waals surface area contributed by atoms with E-state index in [-0.39, 0.29) is 11.3 Å². The Balaban J connectivity index is 1.78. The highest BCUT2D eigenvalue weighted by Crippen LogP contribution is 2.44. The number of hydrogen-bond acceptors (Lipinski definition) is 3.